The normalized spacial score (nSPS) is 12.4. The van der Waals surface area contributed by atoms with Gasteiger partial charge in [0.1, 0.15) is 10.7 Å². The Balaban J connectivity index is 3.02. The van der Waals surface area contributed by atoms with Crippen molar-refractivity contribution in [1.29, 1.82) is 0 Å². The molecule has 0 aromatic heterocycles. The number of hydrogen-bond acceptors (Lipinski definition) is 4. The highest BCUT2D eigenvalue weighted by Crippen LogP contribution is 2.21. The summed E-state index contributed by atoms with van der Waals surface area (Å²) in [5.41, 5.74) is -0.927. The summed E-state index contributed by atoms with van der Waals surface area (Å²) >= 11 is 0. The third kappa shape index (κ3) is 4.01. The first-order valence-corrected chi connectivity index (χ1v) is 7.55. The minimum Gasteiger partial charge on any atom is -0.478 e. The maximum atomic E-state index is 13.7. The minimum absolute atomic E-state index is 0.200. The molecule has 1 aromatic carbocycles. The molecule has 0 unspecified atom stereocenters. The summed E-state index contributed by atoms with van der Waals surface area (Å²) < 4.78 is 43.0. The van der Waals surface area contributed by atoms with E-state index >= 15 is 0 Å². The van der Waals surface area contributed by atoms with Gasteiger partial charge in [-0.05, 0) is 38.5 Å². The van der Waals surface area contributed by atoms with Crippen molar-refractivity contribution in [1.82, 2.24) is 0 Å². The van der Waals surface area contributed by atoms with Gasteiger partial charge in [0, 0.05) is 7.11 Å². The average Bonchev–Trinajstić information content (AvgIpc) is 2.36. The Morgan fingerprint density at radius 2 is 2.00 bits per heavy atom. The predicted molar refractivity (Wildman–Crippen MR) is 71.1 cm³/mol. The Bertz CT molecular complexity index is 607. The zero-order valence-electron chi connectivity index (χ0n) is 11.5. The molecule has 1 aromatic rings. The van der Waals surface area contributed by atoms with E-state index in [-0.39, 0.29) is 17.7 Å². The molecule has 112 valence electrons. The van der Waals surface area contributed by atoms with Crippen molar-refractivity contribution in [2.24, 2.45) is 0 Å². The van der Waals surface area contributed by atoms with Crippen molar-refractivity contribution in [2.45, 2.75) is 30.8 Å². The van der Waals surface area contributed by atoms with Gasteiger partial charge in [0.05, 0.1) is 16.9 Å². The van der Waals surface area contributed by atoms with Crippen LogP contribution >= 0.6 is 0 Å². The van der Waals surface area contributed by atoms with Crippen LogP contribution in [0.4, 0.5) is 4.39 Å². The van der Waals surface area contributed by atoms with Crippen LogP contribution in [0.5, 0.6) is 0 Å². The summed E-state index contributed by atoms with van der Waals surface area (Å²) in [4.78, 5) is 10.2. The number of carbonyl (C=O) groups is 1. The van der Waals surface area contributed by atoms with E-state index in [0.717, 1.165) is 12.1 Å². The highest BCUT2D eigenvalue weighted by molar-refractivity contribution is 7.91. The molecule has 1 rings (SSSR count). The van der Waals surface area contributed by atoms with Gasteiger partial charge in [0.2, 0.25) is 0 Å². The number of ether oxygens (including phenoxy) is 1. The number of sulfone groups is 1. The number of benzene rings is 1. The third-order valence-electron chi connectivity index (χ3n) is 3.04. The fraction of sp³-hybridized carbons (Fsp3) is 0.462. The van der Waals surface area contributed by atoms with Crippen molar-refractivity contribution < 1.29 is 27.4 Å². The van der Waals surface area contributed by atoms with Crippen LogP contribution in [-0.2, 0) is 14.6 Å². The van der Waals surface area contributed by atoms with Crippen molar-refractivity contribution in [3.63, 3.8) is 0 Å². The van der Waals surface area contributed by atoms with Crippen molar-refractivity contribution in [3.8, 4) is 0 Å². The maximum absolute atomic E-state index is 13.7. The van der Waals surface area contributed by atoms with Crippen molar-refractivity contribution in [2.75, 3.05) is 12.9 Å². The summed E-state index contributed by atoms with van der Waals surface area (Å²) in [5, 5.41) is 8.71. The molecule has 1 N–H and O–H groups in total. The third-order valence-corrected chi connectivity index (χ3v) is 4.78. The smallest absolute Gasteiger partial charge is 0.335 e. The lowest BCUT2D eigenvalue weighted by atomic mass is 10.1. The molecule has 7 heteroatoms. The van der Waals surface area contributed by atoms with E-state index < -0.39 is 32.1 Å². The largest absolute Gasteiger partial charge is 0.478 e. The van der Waals surface area contributed by atoms with Gasteiger partial charge < -0.3 is 9.84 Å². The summed E-state index contributed by atoms with van der Waals surface area (Å²) in [6.45, 7) is 3.46. The number of carboxylic acids is 1. The van der Waals surface area contributed by atoms with Crippen LogP contribution in [0.25, 0.3) is 0 Å². The molecule has 0 bridgehead atoms. The van der Waals surface area contributed by atoms with Crippen molar-refractivity contribution >= 4 is 15.8 Å². The van der Waals surface area contributed by atoms with Crippen LogP contribution in [0.1, 0.15) is 30.6 Å². The lowest BCUT2D eigenvalue weighted by Crippen LogP contribution is -2.26. The first kappa shape index (κ1) is 16.6. The first-order valence-electron chi connectivity index (χ1n) is 5.90. The van der Waals surface area contributed by atoms with Crippen LogP contribution in [0.2, 0.25) is 0 Å². The van der Waals surface area contributed by atoms with Crippen LogP contribution in [-0.4, -0.2) is 38.0 Å². The van der Waals surface area contributed by atoms with Crippen LogP contribution < -0.4 is 0 Å². The molecule has 0 atom stereocenters. The molecule has 0 saturated carbocycles. The minimum atomic E-state index is -3.82. The number of hydrogen-bond donors (Lipinski definition) is 1. The fourth-order valence-electron chi connectivity index (χ4n) is 1.48. The van der Waals surface area contributed by atoms with Crippen LogP contribution in [0.3, 0.4) is 0 Å². The number of methoxy groups -OCH3 is 1. The lowest BCUT2D eigenvalue weighted by molar-refractivity contribution is 0.0203. The molecule has 0 aliphatic carbocycles. The van der Waals surface area contributed by atoms with E-state index in [1.165, 1.54) is 7.11 Å². The zero-order valence-corrected chi connectivity index (χ0v) is 12.3. The highest BCUT2D eigenvalue weighted by Gasteiger charge is 2.25. The molecular weight excluding hydrogens is 287 g/mol. The van der Waals surface area contributed by atoms with Gasteiger partial charge in [-0.2, -0.15) is 0 Å². The summed E-state index contributed by atoms with van der Waals surface area (Å²) in [5.74, 6) is -2.65. The summed E-state index contributed by atoms with van der Waals surface area (Å²) in [6.07, 6.45) is 0.200. The second-order valence-electron chi connectivity index (χ2n) is 4.98. The number of rotatable bonds is 6. The Morgan fingerprint density at radius 3 is 2.45 bits per heavy atom. The van der Waals surface area contributed by atoms with E-state index in [9.17, 15) is 17.6 Å². The van der Waals surface area contributed by atoms with Crippen LogP contribution in [0, 0.1) is 5.82 Å². The Hall–Kier alpha value is -1.47. The van der Waals surface area contributed by atoms with Gasteiger partial charge in [-0.1, -0.05) is 0 Å². The van der Waals surface area contributed by atoms with E-state index in [4.69, 9.17) is 9.84 Å². The lowest BCUT2D eigenvalue weighted by Gasteiger charge is -2.22. The molecule has 0 saturated heterocycles. The van der Waals surface area contributed by atoms with Gasteiger partial charge >= 0.3 is 5.97 Å². The van der Waals surface area contributed by atoms with Gasteiger partial charge in [0.25, 0.3) is 0 Å². The molecular formula is C13H17FO5S. The van der Waals surface area contributed by atoms with Gasteiger partial charge in [0.15, 0.2) is 9.84 Å². The molecule has 0 fully saturated rings. The molecule has 0 heterocycles. The van der Waals surface area contributed by atoms with E-state index in [1.807, 2.05) is 0 Å². The predicted octanol–water partition coefficient (Wildman–Crippen LogP) is 2.11. The van der Waals surface area contributed by atoms with Crippen molar-refractivity contribution in [3.05, 3.63) is 29.6 Å². The van der Waals surface area contributed by atoms with Gasteiger partial charge in [-0.3, -0.25) is 0 Å². The highest BCUT2D eigenvalue weighted by atomic mass is 32.2. The summed E-state index contributed by atoms with van der Waals surface area (Å²) in [7, 11) is -2.36. The summed E-state index contributed by atoms with van der Waals surface area (Å²) in [6, 6.07) is 2.75. The number of carboxylic acid groups (broad SMARTS) is 1. The molecule has 0 radical (unpaired) electrons. The molecule has 0 aliphatic rings. The topological polar surface area (TPSA) is 80.7 Å². The standard InChI is InChI=1S/C13H17FO5S/c1-13(2,19-3)6-7-20(17,18)11-5-4-9(12(15)16)8-10(11)14/h4-5,8H,6-7H2,1-3H3,(H,15,16). The molecule has 20 heavy (non-hydrogen) atoms. The second-order valence-corrected chi connectivity index (χ2v) is 7.06. The zero-order chi connectivity index (χ0) is 15.6. The Morgan fingerprint density at radius 1 is 1.40 bits per heavy atom. The average molecular weight is 304 g/mol. The maximum Gasteiger partial charge on any atom is 0.335 e. The van der Waals surface area contributed by atoms with Gasteiger partial charge in [-0.25, -0.2) is 17.6 Å². The Kier molecular flexibility index (Phi) is 4.88. The first-order chi connectivity index (χ1) is 9.09. The SMILES string of the molecule is COC(C)(C)CCS(=O)(=O)c1ccc(C(=O)O)cc1F. The van der Waals surface area contributed by atoms with Crippen LogP contribution in [0.15, 0.2) is 23.1 Å². The number of halogens is 1. The van der Waals surface area contributed by atoms with E-state index in [1.54, 1.807) is 13.8 Å². The monoisotopic (exact) mass is 304 g/mol. The second kappa shape index (κ2) is 5.88. The van der Waals surface area contributed by atoms with E-state index in [0.29, 0.717) is 6.07 Å². The molecule has 0 amide bonds. The quantitative estimate of drug-likeness (QED) is 0.870. The van der Waals surface area contributed by atoms with E-state index in [2.05, 4.69) is 0 Å². The van der Waals surface area contributed by atoms with Gasteiger partial charge in [-0.15, -0.1) is 0 Å². The Labute approximate surface area is 117 Å². The number of aromatic carboxylic acids is 1. The molecule has 0 spiro atoms. The molecule has 0 aliphatic heterocycles. The fourth-order valence-corrected chi connectivity index (χ4v) is 3.09. The molecule has 5 nitrogen and oxygen atoms in total.